The number of pyridine rings is 1. The Hall–Kier alpha value is -0.550. The molecule has 0 saturated carbocycles. The molecule has 1 aromatic heterocycles. The molecule has 0 N–H and O–H groups in total. The summed E-state index contributed by atoms with van der Waals surface area (Å²) < 4.78 is 0.897. The van der Waals surface area contributed by atoms with Crippen molar-refractivity contribution in [3.63, 3.8) is 0 Å². The van der Waals surface area contributed by atoms with Crippen molar-refractivity contribution in [1.29, 1.82) is 0 Å². The van der Waals surface area contributed by atoms with E-state index in [1.54, 1.807) is 12.3 Å². The zero-order chi connectivity index (χ0) is 10.7. The van der Waals surface area contributed by atoms with Crippen LogP contribution < -0.4 is 0 Å². The summed E-state index contributed by atoms with van der Waals surface area (Å²) in [4.78, 5) is 17.9. The summed E-state index contributed by atoms with van der Waals surface area (Å²) in [5, 5.41) is 0. The SMILES string of the molecule is O=C(c1ccc(Br)cn1)N1CCSCC1. The first kappa shape index (κ1) is 11.0. The molecule has 0 aromatic carbocycles. The summed E-state index contributed by atoms with van der Waals surface area (Å²) >= 11 is 5.19. The van der Waals surface area contributed by atoms with Crippen LogP contribution in [0.25, 0.3) is 0 Å². The number of carbonyl (C=O) groups excluding carboxylic acids is 1. The molecule has 2 heterocycles. The maximum Gasteiger partial charge on any atom is 0.272 e. The lowest BCUT2D eigenvalue weighted by Gasteiger charge is -2.25. The number of hydrogen-bond donors (Lipinski definition) is 0. The first-order chi connectivity index (χ1) is 7.27. The van der Waals surface area contributed by atoms with E-state index in [9.17, 15) is 4.79 Å². The maximum atomic E-state index is 11.9. The number of halogens is 1. The summed E-state index contributed by atoms with van der Waals surface area (Å²) in [5.74, 6) is 2.10. The lowest BCUT2D eigenvalue weighted by atomic mass is 10.3. The van der Waals surface area contributed by atoms with E-state index in [0.29, 0.717) is 5.69 Å². The molecule has 0 atom stereocenters. The van der Waals surface area contributed by atoms with Crippen molar-refractivity contribution in [2.45, 2.75) is 0 Å². The predicted molar refractivity (Wildman–Crippen MR) is 65.2 cm³/mol. The van der Waals surface area contributed by atoms with Crippen molar-refractivity contribution in [3.8, 4) is 0 Å². The van der Waals surface area contributed by atoms with Crippen LogP contribution >= 0.6 is 27.7 Å². The highest BCUT2D eigenvalue weighted by molar-refractivity contribution is 9.10. The van der Waals surface area contributed by atoms with E-state index in [2.05, 4.69) is 20.9 Å². The van der Waals surface area contributed by atoms with Gasteiger partial charge in [-0.3, -0.25) is 4.79 Å². The van der Waals surface area contributed by atoms with Gasteiger partial charge < -0.3 is 4.90 Å². The molecular weight excluding hydrogens is 276 g/mol. The monoisotopic (exact) mass is 286 g/mol. The van der Waals surface area contributed by atoms with Gasteiger partial charge in [0, 0.05) is 35.3 Å². The largest absolute Gasteiger partial charge is 0.336 e. The van der Waals surface area contributed by atoms with Gasteiger partial charge in [-0.1, -0.05) is 0 Å². The van der Waals surface area contributed by atoms with Crippen LogP contribution in [0.1, 0.15) is 10.5 Å². The molecule has 1 amide bonds. The first-order valence-electron chi connectivity index (χ1n) is 4.76. The van der Waals surface area contributed by atoms with Gasteiger partial charge in [0.1, 0.15) is 5.69 Å². The van der Waals surface area contributed by atoms with Gasteiger partial charge in [-0.25, -0.2) is 4.98 Å². The molecule has 2 rings (SSSR count). The Labute approximate surface area is 101 Å². The molecule has 5 heteroatoms. The van der Waals surface area contributed by atoms with E-state index in [0.717, 1.165) is 29.1 Å². The summed E-state index contributed by atoms with van der Waals surface area (Å²) in [6, 6.07) is 3.60. The standard InChI is InChI=1S/C10H11BrN2OS/c11-8-1-2-9(12-7-8)10(14)13-3-5-15-6-4-13/h1-2,7H,3-6H2. The number of rotatable bonds is 1. The number of nitrogens with zero attached hydrogens (tertiary/aromatic N) is 2. The minimum absolute atomic E-state index is 0.0443. The molecule has 0 aliphatic carbocycles. The van der Waals surface area contributed by atoms with E-state index in [4.69, 9.17) is 0 Å². The lowest BCUT2D eigenvalue weighted by Crippen LogP contribution is -2.38. The van der Waals surface area contributed by atoms with Crippen LogP contribution in [-0.2, 0) is 0 Å². The average molecular weight is 287 g/mol. The van der Waals surface area contributed by atoms with Crippen LogP contribution in [0.15, 0.2) is 22.8 Å². The third-order valence-electron chi connectivity index (χ3n) is 2.24. The minimum Gasteiger partial charge on any atom is -0.336 e. The van der Waals surface area contributed by atoms with Crippen LogP contribution in [-0.4, -0.2) is 40.4 Å². The molecule has 1 saturated heterocycles. The van der Waals surface area contributed by atoms with Crippen LogP contribution in [0.5, 0.6) is 0 Å². The Balaban J connectivity index is 2.09. The fourth-order valence-electron chi connectivity index (χ4n) is 1.43. The number of thioether (sulfide) groups is 1. The smallest absolute Gasteiger partial charge is 0.272 e. The highest BCUT2D eigenvalue weighted by Gasteiger charge is 2.18. The van der Waals surface area contributed by atoms with Crippen molar-refractivity contribution in [3.05, 3.63) is 28.5 Å². The van der Waals surface area contributed by atoms with Crippen molar-refractivity contribution >= 4 is 33.6 Å². The molecular formula is C10H11BrN2OS. The Bertz CT molecular complexity index is 349. The first-order valence-corrected chi connectivity index (χ1v) is 6.71. The molecule has 1 aromatic rings. The van der Waals surface area contributed by atoms with Gasteiger partial charge in [0.25, 0.3) is 5.91 Å². The maximum absolute atomic E-state index is 11.9. The zero-order valence-corrected chi connectivity index (χ0v) is 10.6. The Morgan fingerprint density at radius 1 is 1.40 bits per heavy atom. The molecule has 1 aliphatic rings. The van der Waals surface area contributed by atoms with Gasteiger partial charge in [0.15, 0.2) is 0 Å². The van der Waals surface area contributed by atoms with Crippen molar-refractivity contribution in [2.75, 3.05) is 24.6 Å². The summed E-state index contributed by atoms with van der Waals surface area (Å²) in [6.07, 6.45) is 1.66. The number of amides is 1. The summed E-state index contributed by atoms with van der Waals surface area (Å²) in [7, 11) is 0. The van der Waals surface area contributed by atoms with E-state index in [1.165, 1.54) is 0 Å². The van der Waals surface area contributed by atoms with Gasteiger partial charge in [0.05, 0.1) is 0 Å². The second-order valence-electron chi connectivity index (χ2n) is 3.27. The third kappa shape index (κ3) is 2.72. The van der Waals surface area contributed by atoms with Crippen LogP contribution in [0.2, 0.25) is 0 Å². The third-order valence-corrected chi connectivity index (χ3v) is 3.66. The molecule has 1 aliphatic heterocycles. The highest BCUT2D eigenvalue weighted by Crippen LogP contribution is 2.13. The van der Waals surface area contributed by atoms with Crippen molar-refractivity contribution in [2.24, 2.45) is 0 Å². The highest BCUT2D eigenvalue weighted by atomic mass is 79.9. The van der Waals surface area contributed by atoms with Gasteiger partial charge >= 0.3 is 0 Å². The van der Waals surface area contributed by atoms with Gasteiger partial charge in [-0.2, -0.15) is 11.8 Å². The topological polar surface area (TPSA) is 33.2 Å². The van der Waals surface area contributed by atoms with Crippen LogP contribution in [0.3, 0.4) is 0 Å². The van der Waals surface area contributed by atoms with Gasteiger partial charge in [0.2, 0.25) is 0 Å². The quantitative estimate of drug-likeness (QED) is 0.792. The molecule has 0 spiro atoms. The van der Waals surface area contributed by atoms with Crippen LogP contribution in [0, 0.1) is 0 Å². The molecule has 15 heavy (non-hydrogen) atoms. The van der Waals surface area contributed by atoms with Crippen LogP contribution in [0.4, 0.5) is 0 Å². The Morgan fingerprint density at radius 2 is 2.13 bits per heavy atom. The van der Waals surface area contributed by atoms with E-state index < -0.39 is 0 Å². The Kier molecular flexibility index (Phi) is 3.64. The van der Waals surface area contributed by atoms with Gasteiger partial charge in [-0.15, -0.1) is 0 Å². The zero-order valence-electron chi connectivity index (χ0n) is 8.15. The number of carbonyl (C=O) groups is 1. The molecule has 80 valence electrons. The normalized spacial score (nSPS) is 16.5. The number of hydrogen-bond acceptors (Lipinski definition) is 3. The fourth-order valence-corrected chi connectivity index (χ4v) is 2.57. The van der Waals surface area contributed by atoms with Crippen molar-refractivity contribution < 1.29 is 4.79 Å². The second-order valence-corrected chi connectivity index (χ2v) is 5.41. The number of aromatic nitrogens is 1. The summed E-state index contributed by atoms with van der Waals surface area (Å²) in [5.41, 5.74) is 0.533. The van der Waals surface area contributed by atoms with E-state index in [1.807, 2.05) is 22.7 Å². The Morgan fingerprint density at radius 3 is 2.73 bits per heavy atom. The molecule has 1 fully saturated rings. The summed E-state index contributed by atoms with van der Waals surface area (Å²) in [6.45, 7) is 1.67. The molecule has 0 unspecified atom stereocenters. The molecule has 0 bridgehead atoms. The average Bonchev–Trinajstić information content (AvgIpc) is 2.30. The molecule has 3 nitrogen and oxygen atoms in total. The molecule has 0 radical (unpaired) electrons. The van der Waals surface area contributed by atoms with E-state index >= 15 is 0 Å². The predicted octanol–water partition coefficient (Wildman–Crippen LogP) is 2.03. The fraction of sp³-hybridized carbons (Fsp3) is 0.400. The van der Waals surface area contributed by atoms with Gasteiger partial charge in [-0.05, 0) is 28.1 Å². The minimum atomic E-state index is 0.0443. The van der Waals surface area contributed by atoms with E-state index in [-0.39, 0.29) is 5.91 Å². The second kappa shape index (κ2) is 4.99. The van der Waals surface area contributed by atoms with Crippen molar-refractivity contribution in [1.82, 2.24) is 9.88 Å². The lowest BCUT2D eigenvalue weighted by molar-refractivity contribution is 0.0766.